The molecule has 1 aromatic rings. The second-order valence-electron chi connectivity index (χ2n) is 1.92. The molecule has 1 rings (SSSR count). The summed E-state index contributed by atoms with van der Waals surface area (Å²) in [5.74, 6) is -2.96. The number of alkyl halides is 2. The largest absolute Gasteiger partial charge is 0.283 e. The van der Waals surface area contributed by atoms with Crippen LogP contribution in [0.5, 0.6) is 0 Å². The molecule has 6 heteroatoms. The predicted octanol–water partition coefficient (Wildman–Crippen LogP) is 3.06. The van der Waals surface area contributed by atoms with E-state index >= 15 is 0 Å². The first kappa shape index (κ1) is 9.44. The second kappa shape index (κ2) is 3.38. The minimum absolute atomic E-state index is 0.274. The lowest BCUT2D eigenvalue weighted by Crippen LogP contribution is -1.99. The summed E-state index contributed by atoms with van der Waals surface area (Å²) in [6, 6.07) is 0. The summed E-state index contributed by atoms with van der Waals surface area (Å²) in [6.45, 7) is 0. The molecule has 0 spiro atoms. The first-order valence-electron chi connectivity index (χ1n) is 2.81. The maximum absolute atomic E-state index is 12.6. The van der Waals surface area contributed by atoms with Crippen molar-refractivity contribution in [3.8, 4) is 0 Å². The van der Waals surface area contributed by atoms with Gasteiger partial charge in [0.2, 0.25) is 0 Å². The third-order valence-corrected chi connectivity index (χ3v) is 1.70. The summed E-state index contributed by atoms with van der Waals surface area (Å²) in [4.78, 5) is 3.03. The van der Waals surface area contributed by atoms with Crippen LogP contribution in [0.15, 0.2) is 10.7 Å². The number of halogens is 5. The molecule has 0 N–H and O–H groups in total. The van der Waals surface area contributed by atoms with E-state index in [0.717, 1.165) is 6.20 Å². The van der Waals surface area contributed by atoms with Crippen LogP contribution in [0.1, 0.15) is 12.1 Å². The Morgan fingerprint density at radius 3 is 2.33 bits per heavy atom. The highest BCUT2D eigenvalue weighted by molar-refractivity contribution is 9.10. The van der Waals surface area contributed by atoms with Crippen molar-refractivity contribution < 1.29 is 17.6 Å². The molecule has 66 valence electrons. The highest BCUT2D eigenvalue weighted by Crippen LogP contribution is 2.25. The quantitative estimate of drug-likeness (QED) is 0.691. The van der Waals surface area contributed by atoms with Crippen molar-refractivity contribution >= 4 is 15.9 Å². The van der Waals surface area contributed by atoms with E-state index in [1.54, 1.807) is 0 Å². The van der Waals surface area contributed by atoms with Crippen LogP contribution in [0.2, 0.25) is 0 Å². The fourth-order valence-electron chi connectivity index (χ4n) is 0.609. The number of rotatable bonds is 1. The van der Waals surface area contributed by atoms with Gasteiger partial charge in [0, 0.05) is 6.20 Å². The Morgan fingerprint density at radius 1 is 1.25 bits per heavy atom. The summed E-state index contributed by atoms with van der Waals surface area (Å²) in [5.41, 5.74) is -1.17. The highest BCUT2D eigenvalue weighted by atomic mass is 79.9. The summed E-state index contributed by atoms with van der Waals surface area (Å²) in [5, 5.41) is 0. The summed E-state index contributed by atoms with van der Waals surface area (Å²) in [6.07, 6.45) is -2.31. The molecule has 0 aliphatic rings. The lowest BCUT2D eigenvalue weighted by atomic mass is 10.3. The van der Waals surface area contributed by atoms with Crippen LogP contribution in [0, 0.1) is 11.6 Å². The zero-order valence-electron chi connectivity index (χ0n) is 5.49. The predicted molar refractivity (Wildman–Crippen MR) is 36.8 cm³/mol. The van der Waals surface area contributed by atoms with Crippen molar-refractivity contribution in [2.24, 2.45) is 0 Å². The zero-order chi connectivity index (χ0) is 9.30. The molecular formula is C6H2BrF4N. The molecule has 12 heavy (non-hydrogen) atoms. The van der Waals surface area contributed by atoms with Crippen molar-refractivity contribution in [3.05, 3.63) is 28.0 Å². The Kier molecular flexibility index (Phi) is 2.66. The van der Waals surface area contributed by atoms with Crippen molar-refractivity contribution in [2.75, 3.05) is 0 Å². The standard InChI is InChI=1S/C6H2BrF4N/c7-2-1-12-5(6(10)11)4(9)3(2)8/h1,6H. The third-order valence-electron chi connectivity index (χ3n) is 1.15. The van der Waals surface area contributed by atoms with E-state index in [-0.39, 0.29) is 4.47 Å². The average Bonchev–Trinajstić information content (AvgIpc) is 2.00. The van der Waals surface area contributed by atoms with Crippen LogP contribution >= 0.6 is 15.9 Å². The minimum Gasteiger partial charge on any atom is -0.251 e. The molecule has 0 aromatic carbocycles. The van der Waals surface area contributed by atoms with E-state index in [1.807, 2.05) is 0 Å². The molecule has 1 nitrogen and oxygen atoms in total. The topological polar surface area (TPSA) is 12.9 Å². The van der Waals surface area contributed by atoms with Crippen molar-refractivity contribution in [1.82, 2.24) is 4.98 Å². The van der Waals surface area contributed by atoms with E-state index in [0.29, 0.717) is 0 Å². The van der Waals surface area contributed by atoms with Gasteiger partial charge in [-0.2, -0.15) is 0 Å². The maximum atomic E-state index is 12.6. The van der Waals surface area contributed by atoms with Crippen LogP contribution in [-0.4, -0.2) is 4.98 Å². The molecule has 0 atom stereocenters. The van der Waals surface area contributed by atoms with Gasteiger partial charge in [-0.05, 0) is 15.9 Å². The van der Waals surface area contributed by atoms with Gasteiger partial charge in [-0.3, -0.25) is 4.98 Å². The minimum atomic E-state index is -3.10. The summed E-state index contributed by atoms with van der Waals surface area (Å²) >= 11 is 2.61. The third kappa shape index (κ3) is 1.57. The van der Waals surface area contributed by atoms with Crippen LogP contribution in [0.4, 0.5) is 17.6 Å². The van der Waals surface area contributed by atoms with Gasteiger partial charge < -0.3 is 0 Å². The maximum Gasteiger partial charge on any atom is 0.283 e. The molecule has 0 saturated heterocycles. The van der Waals surface area contributed by atoms with Crippen LogP contribution in [-0.2, 0) is 0 Å². The van der Waals surface area contributed by atoms with Crippen LogP contribution < -0.4 is 0 Å². The van der Waals surface area contributed by atoms with Gasteiger partial charge in [0.05, 0.1) is 4.47 Å². The van der Waals surface area contributed by atoms with Crippen molar-refractivity contribution in [1.29, 1.82) is 0 Å². The molecule has 0 fully saturated rings. The fourth-order valence-corrected chi connectivity index (χ4v) is 0.885. The van der Waals surface area contributed by atoms with Gasteiger partial charge in [0.1, 0.15) is 5.69 Å². The van der Waals surface area contributed by atoms with Crippen LogP contribution in [0.25, 0.3) is 0 Å². The van der Waals surface area contributed by atoms with Gasteiger partial charge in [0.25, 0.3) is 6.43 Å². The smallest absolute Gasteiger partial charge is 0.251 e. The molecular weight excluding hydrogens is 242 g/mol. The SMILES string of the molecule is Fc1c(Br)cnc(C(F)F)c1F. The summed E-state index contributed by atoms with van der Waals surface area (Å²) in [7, 11) is 0. The molecule has 0 bridgehead atoms. The Hall–Kier alpha value is -0.650. The Morgan fingerprint density at radius 2 is 1.83 bits per heavy atom. The number of aromatic nitrogens is 1. The van der Waals surface area contributed by atoms with E-state index in [2.05, 4.69) is 20.9 Å². The van der Waals surface area contributed by atoms with E-state index in [1.165, 1.54) is 0 Å². The molecule has 0 aliphatic carbocycles. The summed E-state index contributed by atoms with van der Waals surface area (Å²) < 4.78 is 48.6. The second-order valence-corrected chi connectivity index (χ2v) is 2.77. The lowest BCUT2D eigenvalue weighted by molar-refractivity contribution is 0.139. The zero-order valence-corrected chi connectivity index (χ0v) is 7.08. The Labute approximate surface area is 73.5 Å². The molecule has 0 amide bonds. The van der Waals surface area contributed by atoms with Crippen LogP contribution in [0.3, 0.4) is 0 Å². The number of hydrogen-bond acceptors (Lipinski definition) is 1. The monoisotopic (exact) mass is 243 g/mol. The van der Waals surface area contributed by atoms with Gasteiger partial charge in [-0.25, -0.2) is 17.6 Å². The molecule has 0 radical (unpaired) electrons. The van der Waals surface area contributed by atoms with Crippen molar-refractivity contribution in [3.63, 3.8) is 0 Å². The number of nitrogens with zero attached hydrogens (tertiary/aromatic N) is 1. The van der Waals surface area contributed by atoms with Gasteiger partial charge in [0.15, 0.2) is 11.6 Å². The fraction of sp³-hybridized carbons (Fsp3) is 0.167. The molecule has 0 aliphatic heterocycles. The van der Waals surface area contributed by atoms with Crippen molar-refractivity contribution in [2.45, 2.75) is 6.43 Å². The van der Waals surface area contributed by atoms with E-state index in [4.69, 9.17) is 0 Å². The first-order chi connectivity index (χ1) is 5.54. The molecule has 1 aromatic heterocycles. The molecule has 1 heterocycles. The van der Waals surface area contributed by atoms with E-state index in [9.17, 15) is 17.6 Å². The average molecular weight is 244 g/mol. The highest BCUT2D eigenvalue weighted by Gasteiger charge is 2.20. The van der Waals surface area contributed by atoms with Gasteiger partial charge in [-0.1, -0.05) is 0 Å². The first-order valence-corrected chi connectivity index (χ1v) is 3.61. The Bertz CT molecular complexity index is 302. The van der Waals surface area contributed by atoms with E-state index < -0.39 is 23.8 Å². The van der Waals surface area contributed by atoms with Gasteiger partial charge in [-0.15, -0.1) is 0 Å². The molecule has 0 saturated carbocycles. The normalized spacial score (nSPS) is 10.8. The Balaban J connectivity index is 3.27. The number of pyridine rings is 1. The van der Waals surface area contributed by atoms with Gasteiger partial charge >= 0.3 is 0 Å². The number of hydrogen-bond donors (Lipinski definition) is 0. The molecule has 0 unspecified atom stereocenters. The lowest BCUT2D eigenvalue weighted by Gasteiger charge is -2.01.